The summed E-state index contributed by atoms with van der Waals surface area (Å²) >= 11 is 0. The second-order valence-corrected chi connectivity index (χ2v) is 9.46. The molecule has 0 N–H and O–H groups in total. The fourth-order valence-corrected chi connectivity index (χ4v) is 5.42. The predicted molar refractivity (Wildman–Crippen MR) is 134 cm³/mol. The number of benzene rings is 2. The minimum atomic E-state index is -0.511. The molecule has 0 radical (unpaired) electrons. The van der Waals surface area contributed by atoms with Gasteiger partial charge in [0, 0.05) is 24.6 Å². The number of nitrogens with zero attached hydrogens (tertiary/aromatic N) is 5. The third-order valence-electron chi connectivity index (χ3n) is 7.14. The molecule has 0 saturated carbocycles. The molecule has 7 rings (SSSR count). The van der Waals surface area contributed by atoms with Gasteiger partial charge >= 0.3 is 0 Å². The number of hydrogen-bond acceptors (Lipinski definition) is 8. The highest BCUT2D eigenvalue weighted by atomic mass is 19.1. The third kappa shape index (κ3) is 3.62. The predicted octanol–water partition coefficient (Wildman–Crippen LogP) is 4.06. The topological polar surface area (TPSA) is 73.6 Å². The maximum Gasteiger partial charge on any atom is 0.231 e. The average molecular weight is 504 g/mol. The van der Waals surface area contributed by atoms with Gasteiger partial charge in [-0.05, 0) is 49.4 Å². The summed E-state index contributed by atoms with van der Waals surface area (Å²) in [4.78, 5) is 9.57. The van der Waals surface area contributed by atoms with Crippen LogP contribution in [0.25, 0.3) is 11.8 Å². The van der Waals surface area contributed by atoms with Crippen molar-refractivity contribution >= 4 is 17.6 Å². The Hall–Kier alpha value is -4.05. The first-order valence-electron chi connectivity index (χ1n) is 12.4. The van der Waals surface area contributed by atoms with Crippen LogP contribution in [0.15, 0.2) is 59.7 Å². The van der Waals surface area contributed by atoms with E-state index in [1.807, 2.05) is 35.9 Å². The molecule has 5 heterocycles. The summed E-state index contributed by atoms with van der Waals surface area (Å²) in [6.07, 6.45) is 7.12. The zero-order valence-electron chi connectivity index (χ0n) is 20.4. The molecule has 2 saturated heterocycles. The molecule has 0 atom stereocenters. The molecular formula is C27H26FN5O4. The van der Waals surface area contributed by atoms with Crippen molar-refractivity contribution in [1.29, 1.82) is 0 Å². The molecular weight excluding hydrogens is 477 g/mol. The number of morpholine rings is 1. The zero-order valence-corrected chi connectivity index (χ0v) is 20.4. The van der Waals surface area contributed by atoms with Gasteiger partial charge in [0.2, 0.25) is 6.79 Å². The molecule has 10 heteroatoms. The number of aryl methyl sites for hydroxylation is 1. The van der Waals surface area contributed by atoms with E-state index in [9.17, 15) is 4.39 Å². The Morgan fingerprint density at radius 3 is 2.57 bits per heavy atom. The molecule has 1 spiro atoms. The lowest BCUT2D eigenvalue weighted by atomic mass is 10.00. The van der Waals surface area contributed by atoms with Crippen molar-refractivity contribution in [3.05, 3.63) is 71.8 Å². The van der Waals surface area contributed by atoms with Gasteiger partial charge in [-0.3, -0.25) is 10.0 Å². The quantitative estimate of drug-likeness (QED) is 0.534. The highest BCUT2D eigenvalue weighted by molar-refractivity contribution is 6.04. The summed E-state index contributed by atoms with van der Waals surface area (Å²) in [5.74, 6) is 2.47. The molecule has 0 bridgehead atoms. The van der Waals surface area contributed by atoms with Crippen molar-refractivity contribution in [2.75, 3.05) is 38.2 Å². The third-order valence-corrected chi connectivity index (χ3v) is 7.14. The van der Waals surface area contributed by atoms with Gasteiger partial charge in [-0.1, -0.05) is 0 Å². The number of fused-ring (bicyclic) bond motifs is 2. The highest BCUT2D eigenvalue weighted by Crippen LogP contribution is 2.44. The van der Waals surface area contributed by atoms with Gasteiger partial charge in [0.1, 0.15) is 12.4 Å². The molecule has 3 aromatic rings. The zero-order chi connectivity index (χ0) is 25.0. The summed E-state index contributed by atoms with van der Waals surface area (Å²) in [6.45, 7) is 4.42. The van der Waals surface area contributed by atoms with Crippen molar-refractivity contribution in [3.8, 4) is 17.2 Å². The van der Waals surface area contributed by atoms with Crippen LogP contribution in [0.2, 0.25) is 0 Å². The fourth-order valence-electron chi connectivity index (χ4n) is 5.42. The van der Waals surface area contributed by atoms with Crippen molar-refractivity contribution < 1.29 is 23.3 Å². The van der Waals surface area contributed by atoms with E-state index in [1.165, 1.54) is 12.1 Å². The van der Waals surface area contributed by atoms with Crippen LogP contribution in [0.5, 0.6) is 11.5 Å². The van der Waals surface area contributed by atoms with E-state index < -0.39 is 5.66 Å². The highest BCUT2D eigenvalue weighted by Gasteiger charge is 2.50. The van der Waals surface area contributed by atoms with Gasteiger partial charge in [-0.15, -0.1) is 0 Å². The first-order chi connectivity index (χ1) is 18.1. The molecule has 0 unspecified atom stereocenters. The summed E-state index contributed by atoms with van der Waals surface area (Å²) < 4.78 is 39.3. The molecule has 4 aliphatic rings. The summed E-state index contributed by atoms with van der Waals surface area (Å²) in [7, 11) is 0. The largest absolute Gasteiger partial charge is 0.488 e. The standard InChI is InChI=1S/C27H26FN5O4/c1-18-15-31(16-29-18)22-7-2-19(24-25(22)37-17-36-24)14-23-26-30-27(8-11-34-12-9-27)33(32(26)10-13-35-23)21-5-3-20(28)4-6-21/h2-7,14-16H,8-13,17H2,1H3. The van der Waals surface area contributed by atoms with E-state index in [2.05, 4.69) is 15.0 Å². The Morgan fingerprint density at radius 2 is 1.78 bits per heavy atom. The maximum atomic E-state index is 13.8. The monoisotopic (exact) mass is 503 g/mol. The molecule has 2 aromatic carbocycles. The number of anilines is 1. The number of aliphatic imine (C=N–C) groups is 1. The summed E-state index contributed by atoms with van der Waals surface area (Å²) in [6, 6.07) is 10.6. The number of rotatable bonds is 3. The van der Waals surface area contributed by atoms with E-state index in [0.717, 1.165) is 41.3 Å². The first-order valence-corrected chi connectivity index (χ1v) is 12.4. The van der Waals surface area contributed by atoms with Gasteiger partial charge in [0.25, 0.3) is 0 Å². The summed E-state index contributed by atoms with van der Waals surface area (Å²) in [5, 5.41) is 4.34. The van der Waals surface area contributed by atoms with E-state index >= 15 is 0 Å². The second kappa shape index (κ2) is 8.52. The minimum absolute atomic E-state index is 0.144. The van der Waals surface area contributed by atoms with Gasteiger partial charge in [0.15, 0.2) is 28.8 Å². The summed E-state index contributed by atoms with van der Waals surface area (Å²) in [5.41, 5.74) is 3.00. The smallest absolute Gasteiger partial charge is 0.231 e. The van der Waals surface area contributed by atoms with E-state index in [4.69, 9.17) is 23.9 Å². The van der Waals surface area contributed by atoms with Crippen LogP contribution < -0.4 is 14.5 Å². The molecule has 0 amide bonds. The first kappa shape index (κ1) is 22.2. The van der Waals surface area contributed by atoms with E-state index in [0.29, 0.717) is 43.6 Å². The SMILES string of the molecule is Cc1cn(-c2ccc(C=C3OCCN4C3=NC3(CCOCC3)N4c3ccc(F)cc3)c3c2OCO3)cn1. The van der Waals surface area contributed by atoms with Crippen LogP contribution in [0, 0.1) is 12.7 Å². The fraction of sp³-hybridized carbons (Fsp3) is 0.333. The molecule has 0 aliphatic carbocycles. The number of aromatic nitrogens is 2. The van der Waals surface area contributed by atoms with Crippen LogP contribution >= 0.6 is 0 Å². The van der Waals surface area contributed by atoms with Gasteiger partial charge in [-0.25, -0.2) is 14.4 Å². The number of ether oxygens (including phenoxy) is 4. The molecule has 4 aliphatic heterocycles. The Bertz CT molecular complexity index is 1410. The number of amidine groups is 1. The van der Waals surface area contributed by atoms with Crippen LogP contribution in [-0.4, -0.2) is 59.2 Å². The lowest BCUT2D eigenvalue weighted by Crippen LogP contribution is -2.56. The lowest BCUT2D eigenvalue weighted by Gasteiger charge is -2.45. The maximum absolute atomic E-state index is 13.8. The number of halogens is 1. The van der Waals surface area contributed by atoms with Crippen molar-refractivity contribution in [1.82, 2.24) is 14.6 Å². The molecule has 9 nitrogen and oxygen atoms in total. The number of imidazole rings is 1. The van der Waals surface area contributed by atoms with Crippen LogP contribution in [-0.2, 0) is 9.47 Å². The lowest BCUT2D eigenvalue weighted by molar-refractivity contribution is 0.0438. The van der Waals surface area contributed by atoms with Crippen molar-refractivity contribution in [2.24, 2.45) is 4.99 Å². The molecule has 2 fully saturated rings. The van der Waals surface area contributed by atoms with Crippen LogP contribution in [0.1, 0.15) is 24.1 Å². The Balaban J connectivity index is 1.30. The van der Waals surface area contributed by atoms with E-state index in [1.54, 1.807) is 18.5 Å². The second-order valence-electron chi connectivity index (χ2n) is 9.46. The Morgan fingerprint density at radius 1 is 0.973 bits per heavy atom. The minimum Gasteiger partial charge on any atom is -0.488 e. The van der Waals surface area contributed by atoms with Gasteiger partial charge < -0.3 is 23.5 Å². The van der Waals surface area contributed by atoms with Gasteiger partial charge in [0.05, 0.1) is 43.2 Å². The molecule has 37 heavy (non-hydrogen) atoms. The molecule has 1 aromatic heterocycles. The van der Waals surface area contributed by atoms with E-state index in [-0.39, 0.29) is 12.6 Å². The van der Waals surface area contributed by atoms with Crippen LogP contribution in [0.3, 0.4) is 0 Å². The van der Waals surface area contributed by atoms with Crippen molar-refractivity contribution in [3.63, 3.8) is 0 Å². The number of hydrazine groups is 1. The van der Waals surface area contributed by atoms with Crippen LogP contribution in [0.4, 0.5) is 10.1 Å². The molecule has 190 valence electrons. The van der Waals surface area contributed by atoms with Gasteiger partial charge in [-0.2, -0.15) is 0 Å². The Kier molecular flexibility index (Phi) is 5.10. The van der Waals surface area contributed by atoms with Crippen molar-refractivity contribution in [2.45, 2.75) is 25.4 Å². The average Bonchev–Trinajstić information content (AvgIpc) is 3.64. The normalized spacial score (nSPS) is 20.8. The Labute approximate surface area is 213 Å². The number of hydrogen-bond donors (Lipinski definition) is 0.